The van der Waals surface area contributed by atoms with Gasteiger partial charge in [0.1, 0.15) is 24.0 Å². The molecule has 0 aromatic heterocycles. The van der Waals surface area contributed by atoms with E-state index in [9.17, 15) is 13.6 Å². The third-order valence-corrected chi connectivity index (χ3v) is 4.79. The number of carbonyl (C=O) groups is 1. The van der Waals surface area contributed by atoms with Crippen molar-refractivity contribution in [3.8, 4) is 5.75 Å². The molecule has 0 saturated carbocycles. The average Bonchev–Trinajstić information content (AvgIpc) is 2.62. The van der Waals surface area contributed by atoms with Crippen LogP contribution in [-0.2, 0) is 0 Å². The molecule has 0 unspecified atom stereocenters. The van der Waals surface area contributed by atoms with Gasteiger partial charge < -0.3 is 9.64 Å². The van der Waals surface area contributed by atoms with E-state index in [-0.39, 0.29) is 5.56 Å². The van der Waals surface area contributed by atoms with Gasteiger partial charge in [-0.3, -0.25) is 9.69 Å². The van der Waals surface area contributed by atoms with E-state index in [0.29, 0.717) is 32.8 Å². The number of nitrogens with zero attached hydrogens (tertiary/aromatic N) is 2. The summed E-state index contributed by atoms with van der Waals surface area (Å²) in [6.45, 7) is 3.70. The van der Waals surface area contributed by atoms with Crippen LogP contribution in [0, 0.1) is 11.6 Å². The summed E-state index contributed by atoms with van der Waals surface area (Å²) in [6, 6.07) is 10.7. The van der Waals surface area contributed by atoms with Crippen LogP contribution in [0.15, 0.2) is 46.9 Å². The fraction of sp³-hybridized carbons (Fsp3) is 0.316. The van der Waals surface area contributed by atoms with Gasteiger partial charge in [-0.05, 0) is 30.3 Å². The number of benzene rings is 2. The second-order valence-corrected chi connectivity index (χ2v) is 6.98. The smallest absolute Gasteiger partial charge is 0.256 e. The average molecular weight is 425 g/mol. The Morgan fingerprint density at radius 3 is 2.54 bits per heavy atom. The van der Waals surface area contributed by atoms with Crippen molar-refractivity contribution in [2.24, 2.45) is 0 Å². The lowest BCUT2D eigenvalue weighted by Gasteiger charge is -2.34. The van der Waals surface area contributed by atoms with E-state index >= 15 is 0 Å². The molecule has 0 radical (unpaired) electrons. The normalized spacial score (nSPS) is 15.1. The van der Waals surface area contributed by atoms with Gasteiger partial charge in [-0.2, -0.15) is 0 Å². The molecule has 1 saturated heterocycles. The minimum atomic E-state index is -0.820. The second-order valence-electron chi connectivity index (χ2n) is 6.06. The predicted molar refractivity (Wildman–Crippen MR) is 98.3 cm³/mol. The Hall–Kier alpha value is -1.99. The third-order valence-electron chi connectivity index (χ3n) is 4.29. The van der Waals surface area contributed by atoms with Crippen LogP contribution in [0.5, 0.6) is 5.75 Å². The lowest BCUT2D eigenvalue weighted by Crippen LogP contribution is -2.49. The molecule has 3 rings (SSSR count). The van der Waals surface area contributed by atoms with Crippen LogP contribution in [-0.4, -0.2) is 55.0 Å². The molecule has 2 aromatic rings. The summed E-state index contributed by atoms with van der Waals surface area (Å²) in [5, 5.41) is 0. The van der Waals surface area contributed by atoms with Crippen molar-refractivity contribution >= 4 is 21.8 Å². The van der Waals surface area contributed by atoms with E-state index in [1.165, 1.54) is 6.07 Å². The van der Waals surface area contributed by atoms with Gasteiger partial charge in [0.15, 0.2) is 0 Å². The molecule has 0 spiro atoms. The maximum atomic E-state index is 13.8. The summed E-state index contributed by atoms with van der Waals surface area (Å²) < 4.78 is 33.4. The number of amides is 1. The molecule has 4 nitrogen and oxygen atoms in total. The Bertz CT molecular complexity index is 780. The molecule has 7 heteroatoms. The molecule has 1 fully saturated rings. The molecule has 0 atom stereocenters. The van der Waals surface area contributed by atoms with Gasteiger partial charge in [0.05, 0.1) is 5.56 Å². The number of rotatable bonds is 5. The predicted octanol–water partition coefficient (Wildman–Crippen LogP) is 3.56. The van der Waals surface area contributed by atoms with Gasteiger partial charge in [-0.25, -0.2) is 8.78 Å². The number of halogens is 3. The Morgan fingerprint density at radius 2 is 1.85 bits per heavy atom. The molecule has 0 N–H and O–H groups in total. The maximum Gasteiger partial charge on any atom is 0.256 e. The van der Waals surface area contributed by atoms with E-state index in [2.05, 4.69) is 20.8 Å². The topological polar surface area (TPSA) is 32.8 Å². The molecule has 1 amide bonds. The number of ether oxygens (including phenoxy) is 1. The van der Waals surface area contributed by atoms with Crippen LogP contribution in [0.2, 0.25) is 0 Å². The van der Waals surface area contributed by atoms with Crippen molar-refractivity contribution in [2.75, 3.05) is 39.3 Å². The minimum absolute atomic E-state index is 0.0853. The van der Waals surface area contributed by atoms with Crippen LogP contribution >= 0.6 is 15.9 Å². The standard InChI is InChI=1S/C19H19BrF2N2O2/c20-14-2-1-3-16(12-14)26-11-10-23-6-8-24(9-7-23)19(25)17-5-4-15(21)13-18(17)22/h1-5,12-13H,6-11H2. The number of piperazine rings is 1. The highest BCUT2D eigenvalue weighted by Crippen LogP contribution is 2.18. The molecule has 26 heavy (non-hydrogen) atoms. The second kappa shape index (κ2) is 8.60. The highest BCUT2D eigenvalue weighted by Gasteiger charge is 2.24. The third kappa shape index (κ3) is 4.80. The summed E-state index contributed by atoms with van der Waals surface area (Å²) >= 11 is 3.40. The highest BCUT2D eigenvalue weighted by molar-refractivity contribution is 9.10. The van der Waals surface area contributed by atoms with Gasteiger partial charge in [0.25, 0.3) is 5.91 Å². The van der Waals surface area contributed by atoms with Crippen LogP contribution < -0.4 is 4.74 Å². The van der Waals surface area contributed by atoms with Crippen molar-refractivity contribution in [1.29, 1.82) is 0 Å². The fourth-order valence-corrected chi connectivity index (χ4v) is 3.24. The van der Waals surface area contributed by atoms with Crippen molar-refractivity contribution in [3.63, 3.8) is 0 Å². The lowest BCUT2D eigenvalue weighted by atomic mass is 10.1. The Balaban J connectivity index is 1.46. The van der Waals surface area contributed by atoms with Crippen molar-refractivity contribution in [3.05, 3.63) is 64.1 Å². The summed E-state index contributed by atoms with van der Waals surface area (Å²) in [4.78, 5) is 16.2. The van der Waals surface area contributed by atoms with Gasteiger partial charge in [-0.15, -0.1) is 0 Å². The van der Waals surface area contributed by atoms with Crippen molar-refractivity contribution < 1.29 is 18.3 Å². The number of carbonyl (C=O) groups excluding carboxylic acids is 1. The zero-order valence-corrected chi connectivity index (χ0v) is 15.7. The molecule has 138 valence electrons. The van der Waals surface area contributed by atoms with E-state index in [1.54, 1.807) is 4.90 Å². The number of hydrogen-bond acceptors (Lipinski definition) is 3. The fourth-order valence-electron chi connectivity index (χ4n) is 2.86. The van der Waals surface area contributed by atoms with Gasteiger partial charge in [0, 0.05) is 43.3 Å². The highest BCUT2D eigenvalue weighted by atomic mass is 79.9. The van der Waals surface area contributed by atoms with E-state index in [1.807, 2.05) is 24.3 Å². The monoisotopic (exact) mass is 424 g/mol. The van der Waals surface area contributed by atoms with Gasteiger partial charge >= 0.3 is 0 Å². The Kier molecular flexibility index (Phi) is 6.21. The van der Waals surface area contributed by atoms with Crippen molar-refractivity contribution in [2.45, 2.75) is 0 Å². The molecular formula is C19H19BrF2N2O2. The molecule has 0 aliphatic carbocycles. The van der Waals surface area contributed by atoms with Crippen LogP contribution in [0.25, 0.3) is 0 Å². The molecule has 2 aromatic carbocycles. The zero-order valence-electron chi connectivity index (χ0n) is 14.1. The quantitative estimate of drug-likeness (QED) is 0.735. The van der Waals surface area contributed by atoms with Crippen molar-refractivity contribution in [1.82, 2.24) is 9.80 Å². The van der Waals surface area contributed by atoms with E-state index in [4.69, 9.17) is 4.74 Å². The summed E-state index contributed by atoms with van der Waals surface area (Å²) in [7, 11) is 0. The Labute approximate surface area is 159 Å². The maximum absolute atomic E-state index is 13.8. The van der Waals surface area contributed by atoms with Crippen LogP contribution in [0.1, 0.15) is 10.4 Å². The largest absolute Gasteiger partial charge is 0.492 e. The Morgan fingerprint density at radius 1 is 1.08 bits per heavy atom. The first-order chi connectivity index (χ1) is 12.5. The number of hydrogen-bond donors (Lipinski definition) is 0. The molecule has 1 heterocycles. The van der Waals surface area contributed by atoms with E-state index < -0.39 is 17.5 Å². The lowest BCUT2D eigenvalue weighted by molar-refractivity contribution is 0.0616. The first-order valence-corrected chi connectivity index (χ1v) is 9.17. The molecule has 0 bridgehead atoms. The summed E-state index contributed by atoms with van der Waals surface area (Å²) in [5.41, 5.74) is -0.0853. The SMILES string of the molecule is O=C(c1ccc(F)cc1F)N1CCN(CCOc2cccc(Br)c2)CC1. The summed E-state index contributed by atoms with van der Waals surface area (Å²) in [6.07, 6.45) is 0. The van der Waals surface area contributed by atoms with Gasteiger partial charge in [0.2, 0.25) is 0 Å². The van der Waals surface area contributed by atoms with E-state index in [0.717, 1.165) is 28.9 Å². The molecular weight excluding hydrogens is 406 g/mol. The first-order valence-electron chi connectivity index (χ1n) is 8.38. The molecule has 1 aliphatic heterocycles. The first kappa shape index (κ1) is 18.8. The summed E-state index contributed by atoms with van der Waals surface area (Å²) in [5.74, 6) is -1.10. The minimum Gasteiger partial charge on any atom is -0.492 e. The zero-order chi connectivity index (χ0) is 18.5. The van der Waals surface area contributed by atoms with Crippen LogP contribution in [0.3, 0.4) is 0 Å². The van der Waals surface area contributed by atoms with Gasteiger partial charge in [-0.1, -0.05) is 22.0 Å². The molecule has 1 aliphatic rings. The van der Waals surface area contributed by atoms with Crippen LogP contribution in [0.4, 0.5) is 8.78 Å².